The van der Waals surface area contributed by atoms with Crippen molar-refractivity contribution in [3.8, 4) is 5.75 Å². The van der Waals surface area contributed by atoms with E-state index in [4.69, 9.17) is 4.74 Å². The minimum Gasteiger partial charge on any atom is -0.496 e. The molecule has 1 amide bonds. The molecule has 1 saturated heterocycles. The average molecular weight is 534 g/mol. The maximum absolute atomic E-state index is 13.1. The Morgan fingerprint density at radius 3 is 2.61 bits per heavy atom. The van der Waals surface area contributed by atoms with Crippen molar-refractivity contribution >= 4 is 42.8 Å². The van der Waals surface area contributed by atoms with E-state index in [1.54, 1.807) is 13.2 Å². The van der Waals surface area contributed by atoms with Gasteiger partial charge in [-0.2, -0.15) is 4.31 Å². The van der Waals surface area contributed by atoms with E-state index in [-0.39, 0.29) is 17.0 Å². The smallest absolute Gasteiger partial charge is 0.252 e. The molecule has 1 aliphatic rings. The number of amides is 1. The van der Waals surface area contributed by atoms with Gasteiger partial charge in [0.15, 0.2) is 0 Å². The van der Waals surface area contributed by atoms with E-state index < -0.39 is 21.5 Å². The molecule has 4 rings (SSSR count). The first-order valence-corrected chi connectivity index (χ1v) is 12.8. The van der Waals surface area contributed by atoms with Crippen LogP contribution in [-0.4, -0.2) is 43.8 Å². The third-order valence-electron chi connectivity index (χ3n) is 5.69. The Balaban J connectivity index is 1.68. The number of H-pyrrole nitrogens is 1. The van der Waals surface area contributed by atoms with Crippen LogP contribution in [0.2, 0.25) is 0 Å². The molecule has 1 fully saturated rings. The molecule has 0 saturated carbocycles. The van der Waals surface area contributed by atoms with Crippen molar-refractivity contribution in [3.05, 3.63) is 68.4 Å². The van der Waals surface area contributed by atoms with Crippen molar-refractivity contribution < 1.29 is 17.9 Å². The fourth-order valence-corrected chi connectivity index (χ4v) is 5.94. The minimum atomic E-state index is -3.69. The second-order valence-electron chi connectivity index (χ2n) is 7.86. The summed E-state index contributed by atoms with van der Waals surface area (Å²) in [4.78, 5) is 28.0. The van der Waals surface area contributed by atoms with Gasteiger partial charge in [0.2, 0.25) is 15.6 Å². The molecule has 0 aliphatic carbocycles. The summed E-state index contributed by atoms with van der Waals surface area (Å²) in [5.74, 6) is 0.129. The highest BCUT2D eigenvalue weighted by molar-refractivity contribution is 9.10. The molecule has 0 radical (unpaired) electrons. The predicted octanol–water partition coefficient (Wildman–Crippen LogP) is 3.40. The zero-order valence-electron chi connectivity index (χ0n) is 18.1. The van der Waals surface area contributed by atoms with E-state index in [1.807, 2.05) is 12.1 Å². The fourth-order valence-electron chi connectivity index (χ4n) is 3.99. The molecule has 2 heterocycles. The van der Waals surface area contributed by atoms with Crippen molar-refractivity contribution in [2.45, 2.75) is 30.7 Å². The lowest BCUT2D eigenvalue weighted by Crippen LogP contribution is -2.35. The number of benzene rings is 2. The van der Waals surface area contributed by atoms with Gasteiger partial charge in [-0.25, -0.2) is 8.42 Å². The van der Waals surface area contributed by atoms with Crippen molar-refractivity contribution in [1.29, 1.82) is 0 Å². The van der Waals surface area contributed by atoms with E-state index in [0.717, 1.165) is 29.3 Å². The first-order chi connectivity index (χ1) is 15.8. The van der Waals surface area contributed by atoms with Crippen LogP contribution in [0.4, 0.5) is 0 Å². The summed E-state index contributed by atoms with van der Waals surface area (Å²) in [6.45, 7) is 1.13. The Morgan fingerprint density at radius 1 is 1.12 bits per heavy atom. The number of methoxy groups -OCH3 is 1. The van der Waals surface area contributed by atoms with Gasteiger partial charge in [-0.05, 0) is 49.2 Å². The number of fused-ring (bicyclic) bond motifs is 1. The van der Waals surface area contributed by atoms with Crippen molar-refractivity contribution in [1.82, 2.24) is 14.6 Å². The number of piperidine rings is 1. The van der Waals surface area contributed by atoms with Gasteiger partial charge < -0.3 is 15.0 Å². The van der Waals surface area contributed by atoms with Crippen molar-refractivity contribution in [2.24, 2.45) is 0 Å². The molecule has 1 aliphatic heterocycles. The molecule has 2 N–H and O–H groups in total. The zero-order valence-corrected chi connectivity index (χ0v) is 20.5. The molecule has 0 spiro atoms. The van der Waals surface area contributed by atoms with Crippen LogP contribution in [0, 0.1) is 0 Å². The number of hydrogen-bond acceptors (Lipinski definition) is 5. The van der Waals surface area contributed by atoms with Crippen molar-refractivity contribution in [2.75, 3.05) is 20.2 Å². The maximum atomic E-state index is 13.1. The van der Waals surface area contributed by atoms with Crippen molar-refractivity contribution in [3.63, 3.8) is 0 Å². The minimum absolute atomic E-state index is 0.103. The second kappa shape index (κ2) is 9.66. The van der Waals surface area contributed by atoms with Gasteiger partial charge in [-0.1, -0.05) is 22.4 Å². The lowest BCUT2D eigenvalue weighted by Gasteiger charge is -2.26. The van der Waals surface area contributed by atoms with E-state index >= 15 is 0 Å². The number of nitrogens with one attached hydrogen (secondary N) is 2. The number of nitrogens with zero attached hydrogens (tertiary/aromatic N) is 1. The maximum Gasteiger partial charge on any atom is 0.252 e. The van der Waals surface area contributed by atoms with Gasteiger partial charge in [0, 0.05) is 46.6 Å². The summed E-state index contributed by atoms with van der Waals surface area (Å²) in [7, 11) is -2.14. The highest BCUT2D eigenvalue weighted by atomic mass is 79.9. The Bertz CT molecular complexity index is 1360. The zero-order chi connectivity index (χ0) is 23.6. The first kappa shape index (κ1) is 23.5. The summed E-state index contributed by atoms with van der Waals surface area (Å²) in [5.41, 5.74) is 0.811. The number of halogens is 1. The molecule has 10 heteroatoms. The Morgan fingerprint density at radius 2 is 1.88 bits per heavy atom. The third kappa shape index (κ3) is 4.97. The van der Waals surface area contributed by atoms with E-state index in [1.165, 1.54) is 28.6 Å². The summed E-state index contributed by atoms with van der Waals surface area (Å²) in [6, 6.07) is 11.1. The Hall–Kier alpha value is -2.69. The van der Waals surface area contributed by atoms with Crippen LogP contribution >= 0.6 is 15.9 Å². The van der Waals surface area contributed by atoms with E-state index in [0.29, 0.717) is 29.7 Å². The molecular formula is C23H24BrN3O5S. The number of rotatable bonds is 6. The summed E-state index contributed by atoms with van der Waals surface area (Å²) in [6.07, 6.45) is 2.66. The van der Waals surface area contributed by atoms with Gasteiger partial charge >= 0.3 is 0 Å². The average Bonchev–Trinajstić information content (AvgIpc) is 2.82. The first-order valence-electron chi connectivity index (χ1n) is 10.6. The lowest BCUT2D eigenvalue weighted by atomic mass is 10.1. The van der Waals surface area contributed by atoms with E-state index in [2.05, 4.69) is 26.2 Å². The van der Waals surface area contributed by atoms with Gasteiger partial charge in [-0.15, -0.1) is 0 Å². The topological polar surface area (TPSA) is 109 Å². The number of ether oxygens (including phenoxy) is 1. The van der Waals surface area contributed by atoms with Gasteiger partial charge in [0.05, 0.1) is 17.6 Å². The van der Waals surface area contributed by atoms with Crippen LogP contribution < -0.4 is 15.6 Å². The molecule has 1 aromatic heterocycles. The molecule has 174 valence electrons. The second-order valence-corrected chi connectivity index (χ2v) is 10.7. The van der Waals surface area contributed by atoms with Crippen LogP contribution in [0.25, 0.3) is 10.9 Å². The quantitative estimate of drug-likeness (QED) is 0.504. The number of hydrogen-bond donors (Lipinski definition) is 2. The molecule has 3 aromatic rings. The van der Waals surface area contributed by atoms with Gasteiger partial charge in [0.1, 0.15) is 5.75 Å². The fraction of sp³-hybridized carbons (Fsp3) is 0.304. The highest BCUT2D eigenvalue weighted by Crippen LogP contribution is 2.26. The number of sulfonamides is 1. The Kier molecular flexibility index (Phi) is 6.87. The van der Waals surface area contributed by atoms with Gasteiger partial charge in [0.25, 0.3) is 5.91 Å². The summed E-state index contributed by atoms with van der Waals surface area (Å²) in [5, 5.41) is 3.17. The van der Waals surface area contributed by atoms with E-state index in [9.17, 15) is 18.0 Å². The predicted molar refractivity (Wildman–Crippen MR) is 129 cm³/mol. The molecule has 2 aromatic carbocycles. The molecule has 0 atom stereocenters. The third-order valence-corrected chi connectivity index (χ3v) is 8.08. The van der Waals surface area contributed by atoms with Crippen LogP contribution in [0.3, 0.4) is 0 Å². The molecule has 8 nitrogen and oxygen atoms in total. The van der Waals surface area contributed by atoms with Crippen LogP contribution in [-0.2, 0) is 16.6 Å². The largest absolute Gasteiger partial charge is 0.496 e. The van der Waals surface area contributed by atoms with Crippen LogP contribution in [0.1, 0.15) is 35.2 Å². The standard InChI is InChI=1S/C23H24BrN3O5S/c1-32-21-8-5-16(24)11-15(21)14-25-23(29)19-13-22(28)26-20-7-6-17(12-18(19)20)33(30,31)27-9-3-2-4-10-27/h5-8,11-13H,2-4,9-10,14H2,1H3,(H,25,29)(H,26,28). The highest BCUT2D eigenvalue weighted by Gasteiger charge is 2.26. The normalized spacial score (nSPS) is 14.8. The molecule has 0 bridgehead atoms. The molecule has 33 heavy (non-hydrogen) atoms. The van der Waals surface area contributed by atoms with Crippen LogP contribution in [0.5, 0.6) is 5.75 Å². The molecule has 0 unspecified atom stereocenters. The van der Waals surface area contributed by atoms with Crippen LogP contribution in [0.15, 0.2) is 56.6 Å². The number of aromatic amines is 1. The lowest BCUT2D eigenvalue weighted by molar-refractivity contribution is 0.0952. The Labute approximate surface area is 200 Å². The number of pyridine rings is 1. The van der Waals surface area contributed by atoms with Gasteiger partial charge in [-0.3, -0.25) is 9.59 Å². The SMILES string of the molecule is COc1ccc(Br)cc1CNC(=O)c1cc(=O)[nH]c2ccc(S(=O)(=O)N3CCCCC3)cc12. The summed E-state index contributed by atoms with van der Waals surface area (Å²) >= 11 is 3.40. The monoisotopic (exact) mass is 533 g/mol. The summed E-state index contributed by atoms with van der Waals surface area (Å²) < 4.78 is 33.9. The molecular weight excluding hydrogens is 510 g/mol. The number of aromatic nitrogens is 1. The number of carbonyl (C=O) groups excluding carboxylic acids is 1. The number of carbonyl (C=O) groups is 1.